The molecule has 0 amide bonds. The van der Waals surface area contributed by atoms with Crippen molar-refractivity contribution in [2.24, 2.45) is 0 Å². The number of thiazole rings is 1. The van der Waals surface area contributed by atoms with Crippen LogP contribution in [0.1, 0.15) is 18.4 Å². The second kappa shape index (κ2) is 3.79. The van der Waals surface area contributed by atoms with E-state index in [9.17, 15) is 4.79 Å². The summed E-state index contributed by atoms with van der Waals surface area (Å²) in [5.74, 6) is -1.49. The number of aliphatic carboxylic acids is 1. The SMILES string of the molecule is CC(C(=O)O)c1cc2ncsc2cc1Cl. The number of carboxylic acid groups (broad SMARTS) is 1. The average molecular weight is 242 g/mol. The minimum atomic E-state index is -0.883. The Bertz CT molecular complexity index is 523. The zero-order valence-electron chi connectivity index (χ0n) is 7.90. The van der Waals surface area contributed by atoms with E-state index in [0.29, 0.717) is 10.6 Å². The van der Waals surface area contributed by atoms with Crippen LogP contribution in [0.25, 0.3) is 10.2 Å². The average Bonchev–Trinajstić information content (AvgIpc) is 2.62. The summed E-state index contributed by atoms with van der Waals surface area (Å²) in [4.78, 5) is 15.0. The third-order valence-electron chi connectivity index (χ3n) is 2.29. The summed E-state index contributed by atoms with van der Waals surface area (Å²) in [6.45, 7) is 1.61. The summed E-state index contributed by atoms with van der Waals surface area (Å²) in [5.41, 5.74) is 3.13. The molecule has 0 aliphatic heterocycles. The van der Waals surface area contributed by atoms with Gasteiger partial charge in [0, 0.05) is 5.02 Å². The zero-order valence-corrected chi connectivity index (χ0v) is 9.47. The van der Waals surface area contributed by atoms with E-state index >= 15 is 0 Å². The van der Waals surface area contributed by atoms with E-state index in [1.807, 2.05) is 0 Å². The molecule has 0 aliphatic rings. The third-order valence-corrected chi connectivity index (χ3v) is 3.41. The van der Waals surface area contributed by atoms with Crippen LogP contribution in [0, 0.1) is 0 Å². The van der Waals surface area contributed by atoms with Gasteiger partial charge in [-0.15, -0.1) is 11.3 Å². The van der Waals surface area contributed by atoms with Crippen molar-refractivity contribution in [3.05, 3.63) is 28.2 Å². The molecule has 1 aromatic carbocycles. The minimum Gasteiger partial charge on any atom is -0.481 e. The fraction of sp³-hybridized carbons (Fsp3) is 0.200. The Kier molecular flexibility index (Phi) is 2.63. The van der Waals surface area contributed by atoms with Crippen LogP contribution >= 0.6 is 22.9 Å². The first-order valence-electron chi connectivity index (χ1n) is 4.35. The smallest absolute Gasteiger partial charge is 0.310 e. The molecular weight excluding hydrogens is 234 g/mol. The van der Waals surface area contributed by atoms with Crippen molar-refractivity contribution in [2.45, 2.75) is 12.8 Å². The fourth-order valence-corrected chi connectivity index (χ4v) is 2.45. The lowest BCUT2D eigenvalue weighted by Crippen LogP contribution is -2.07. The van der Waals surface area contributed by atoms with Gasteiger partial charge in [0.25, 0.3) is 0 Å². The maximum absolute atomic E-state index is 10.8. The van der Waals surface area contributed by atoms with Crippen LogP contribution in [-0.2, 0) is 4.79 Å². The molecule has 0 saturated carbocycles. The van der Waals surface area contributed by atoms with Crippen molar-refractivity contribution < 1.29 is 9.90 Å². The van der Waals surface area contributed by atoms with Gasteiger partial charge in [0.2, 0.25) is 0 Å². The Balaban J connectivity index is 2.59. The summed E-state index contributed by atoms with van der Waals surface area (Å²) in [6, 6.07) is 3.51. The molecule has 0 fully saturated rings. The molecule has 2 aromatic rings. The van der Waals surface area contributed by atoms with E-state index < -0.39 is 11.9 Å². The lowest BCUT2D eigenvalue weighted by atomic mass is 10.0. The second-order valence-electron chi connectivity index (χ2n) is 3.25. The Morgan fingerprint density at radius 3 is 3.00 bits per heavy atom. The van der Waals surface area contributed by atoms with Crippen molar-refractivity contribution in [3.8, 4) is 0 Å². The molecule has 0 aliphatic carbocycles. The molecule has 3 nitrogen and oxygen atoms in total. The predicted octanol–water partition coefficient (Wildman–Crippen LogP) is 3.14. The van der Waals surface area contributed by atoms with E-state index in [1.165, 1.54) is 11.3 Å². The molecule has 0 bridgehead atoms. The maximum Gasteiger partial charge on any atom is 0.310 e. The number of hydrogen-bond acceptors (Lipinski definition) is 3. The lowest BCUT2D eigenvalue weighted by molar-refractivity contribution is -0.138. The van der Waals surface area contributed by atoms with Crippen LogP contribution in [0.3, 0.4) is 0 Å². The van der Waals surface area contributed by atoms with Gasteiger partial charge in [-0.25, -0.2) is 4.98 Å². The van der Waals surface area contributed by atoms with Crippen molar-refractivity contribution >= 4 is 39.1 Å². The number of rotatable bonds is 2. The molecule has 5 heteroatoms. The van der Waals surface area contributed by atoms with E-state index in [4.69, 9.17) is 16.7 Å². The topological polar surface area (TPSA) is 50.2 Å². The first-order valence-corrected chi connectivity index (χ1v) is 5.61. The first-order chi connectivity index (χ1) is 7.09. The van der Waals surface area contributed by atoms with Crippen LogP contribution < -0.4 is 0 Å². The van der Waals surface area contributed by atoms with Gasteiger partial charge in [-0.3, -0.25) is 4.79 Å². The van der Waals surface area contributed by atoms with E-state index in [-0.39, 0.29) is 0 Å². The normalized spacial score (nSPS) is 12.9. The number of benzene rings is 1. The summed E-state index contributed by atoms with van der Waals surface area (Å²) in [7, 11) is 0. The molecule has 1 atom stereocenters. The van der Waals surface area contributed by atoms with Crippen molar-refractivity contribution in [1.29, 1.82) is 0 Å². The number of hydrogen-bond donors (Lipinski definition) is 1. The summed E-state index contributed by atoms with van der Waals surface area (Å²) in [6.07, 6.45) is 0. The third kappa shape index (κ3) is 1.82. The number of aromatic nitrogens is 1. The number of carboxylic acids is 1. The number of fused-ring (bicyclic) bond motifs is 1. The zero-order chi connectivity index (χ0) is 11.0. The van der Waals surface area contributed by atoms with Gasteiger partial charge in [-0.1, -0.05) is 11.6 Å². The maximum atomic E-state index is 10.8. The van der Waals surface area contributed by atoms with Gasteiger partial charge in [0.15, 0.2) is 0 Å². The molecule has 1 unspecified atom stereocenters. The van der Waals surface area contributed by atoms with Gasteiger partial charge >= 0.3 is 5.97 Å². The van der Waals surface area contributed by atoms with Gasteiger partial charge in [-0.2, -0.15) is 0 Å². The molecule has 1 aromatic heterocycles. The highest BCUT2D eigenvalue weighted by atomic mass is 35.5. The van der Waals surface area contributed by atoms with Crippen LogP contribution in [0.15, 0.2) is 17.6 Å². The molecule has 1 N–H and O–H groups in total. The van der Waals surface area contributed by atoms with E-state index in [1.54, 1.807) is 24.6 Å². The highest BCUT2D eigenvalue weighted by Gasteiger charge is 2.18. The fourth-order valence-electron chi connectivity index (χ4n) is 1.36. The quantitative estimate of drug-likeness (QED) is 0.879. The molecule has 0 spiro atoms. The first kappa shape index (κ1) is 10.4. The number of carbonyl (C=O) groups is 1. The molecule has 2 rings (SSSR count). The monoisotopic (exact) mass is 241 g/mol. The molecule has 1 heterocycles. The van der Waals surface area contributed by atoms with Crippen molar-refractivity contribution in [3.63, 3.8) is 0 Å². The Hall–Kier alpha value is -1.13. The van der Waals surface area contributed by atoms with Crippen LogP contribution in [0.2, 0.25) is 5.02 Å². The second-order valence-corrected chi connectivity index (χ2v) is 4.55. The molecule has 78 valence electrons. The highest BCUT2D eigenvalue weighted by Crippen LogP contribution is 2.30. The predicted molar refractivity (Wildman–Crippen MR) is 60.7 cm³/mol. The number of halogens is 1. The Morgan fingerprint density at radius 2 is 2.33 bits per heavy atom. The Labute approximate surface area is 95.3 Å². The van der Waals surface area contributed by atoms with Crippen LogP contribution in [0.5, 0.6) is 0 Å². The van der Waals surface area contributed by atoms with Gasteiger partial charge in [0.05, 0.1) is 21.6 Å². The van der Waals surface area contributed by atoms with Crippen LogP contribution in [0.4, 0.5) is 0 Å². The highest BCUT2D eigenvalue weighted by molar-refractivity contribution is 7.16. The van der Waals surface area contributed by atoms with Gasteiger partial charge in [0.1, 0.15) is 0 Å². The Morgan fingerprint density at radius 1 is 1.60 bits per heavy atom. The molecule has 0 saturated heterocycles. The van der Waals surface area contributed by atoms with Gasteiger partial charge < -0.3 is 5.11 Å². The number of nitrogens with zero attached hydrogens (tertiary/aromatic N) is 1. The van der Waals surface area contributed by atoms with Crippen LogP contribution in [-0.4, -0.2) is 16.1 Å². The molecule has 15 heavy (non-hydrogen) atoms. The lowest BCUT2D eigenvalue weighted by Gasteiger charge is -2.08. The largest absolute Gasteiger partial charge is 0.481 e. The molecular formula is C10H8ClNO2S. The standard InChI is InChI=1S/C10H8ClNO2S/c1-5(10(13)14)6-2-8-9(3-7(6)11)15-4-12-8/h2-5H,1H3,(H,13,14). The van der Waals surface area contributed by atoms with E-state index in [0.717, 1.165) is 10.2 Å². The van der Waals surface area contributed by atoms with E-state index in [2.05, 4.69) is 4.98 Å². The summed E-state index contributed by atoms with van der Waals surface area (Å²) < 4.78 is 0.973. The van der Waals surface area contributed by atoms with Gasteiger partial charge in [-0.05, 0) is 24.6 Å². The summed E-state index contributed by atoms with van der Waals surface area (Å²) in [5, 5.41) is 9.39. The summed E-state index contributed by atoms with van der Waals surface area (Å²) >= 11 is 7.50. The minimum absolute atomic E-state index is 0.488. The molecule has 0 radical (unpaired) electrons. The van der Waals surface area contributed by atoms with Crippen molar-refractivity contribution in [2.75, 3.05) is 0 Å². The van der Waals surface area contributed by atoms with Crippen molar-refractivity contribution in [1.82, 2.24) is 4.98 Å².